The van der Waals surface area contributed by atoms with E-state index in [-0.39, 0.29) is 19.3 Å². The van der Waals surface area contributed by atoms with E-state index in [0.29, 0.717) is 36.6 Å². The van der Waals surface area contributed by atoms with Crippen LogP contribution < -0.4 is 13.7 Å². The van der Waals surface area contributed by atoms with E-state index in [2.05, 4.69) is 43.5 Å². The second kappa shape index (κ2) is 15.1. The normalized spacial score (nSPS) is 13.2. The molecule has 0 aliphatic heterocycles. The van der Waals surface area contributed by atoms with Crippen molar-refractivity contribution in [3.05, 3.63) is 71.8 Å². The fourth-order valence-corrected chi connectivity index (χ4v) is 7.46. The third-order valence-electron chi connectivity index (χ3n) is 8.41. The summed E-state index contributed by atoms with van der Waals surface area (Å²) in [7, 11) is -7.22. The number of methoxy groups -OCH3 is 1. The first-order valence-electron chi connectivity index (χ1n) is 16.7. The van der Waals surface area contributed by atoms with Crippen molar-refractivity contribution >= 4 is 26.3 Å². The molecule has 9 nitrogen and oxygen atoms in total. The van der Waals surface area contributed by atoms with Crippen molar-refractivity contribution < 1.29 is 44.7 Å². The van der Waals surface area contributed by atoms with Crippen molar-refractivity contribution in [2.24, 2.45) is 0 Å². The molecule has 3 aromatic carbocycles. The number of hydrogen-bond donors (Lipinski definition) is 0. The summed E-state index contributed by atoms with van der Waals surface area (Å²) < 4.78 is 92.5. The lowest BCUT2D eigenvalue weighted by atomic mass is 10.0. The van der Waals surface area contributed by atoms with Crippen molar-refractivity contribution in [2.75, 3.05) is 27.1 Å². The third kappa shape index (κ3) is 9.63. The van der Waals surface area contributed by atoms with Crippen LogP contribution in [0.4, 0.5) is 13.2 Å². The van der Waals surface area contributed by atoms with E-state index in [1.54, 1.807) is 4.68 Å². The Bertz CT molecular complexity index is 1940. The summed E-state index contributed by atoms with van der Waals surface area (Å²) in [6, 6.07) is 20.5. The van der Waals surface area contributed by atoms with Gasteiger partial charge in [-0.25, -0.2) is 4.68 Å². The van der Waals surface area contributed by atoms with Crippen LogP contribution in [0, 0.1) is 0 Å². The number of fused-ring (bicyclic) bond motifs is 3. The van der Waals surface area contributed by atoms with Gasteiger partial charge in [0.15, 0.2) is 18.3 Å². The molecule has 1 aliphatic carbocycles. The van der Waals surface area contributed by atoms with Crippen molar-refractivity contribution in [1.82, 2.24) is 9.78 Å². The third-order valence-corrected chi connectivity index (χ3v) is 12.8. The van der Waals surface area contributed by atoms with Crippen LogP contribution >= 0.6 is 0 Å². The molecule has 1 heterocycles. The number of alkyl halides is 3. The number of benzene rings is 3. The Kier molecular flexibility index (Phi) is 11.5. The molecule has 0 radical (unpaired) electrons. The van der Waals surface area contributed by atoms with E-state index in [1.165, 1.54) is 19.2 Å². The van der Waals surface area contributed by atoms with Gasteiger partial charge in [-0.3, -0.25) is 0 Å². The second-order valence-electron chi connectivity index (χ2n) is 14.9. The van der Waals surface area contributed by atoms with Crippen LogP contribution in [0.1, 0.15) is 11.1 Å². The largest absolute Gasteiger partial charge is 0.534 e. The Morgan fingerprint density at radius 2 is 1.37 bits per heavy atom. The zero-order valence-electron chi connectivity index (χ0n) is 30.0. The van der Waals surface area contributed by atoms with Gasteiger partial charge in [-0.05, 0) is 53.0 Å². The molecule has 0 fully saturated rings. The Labute approximate surface area is 299 Å². The van der Waals surface area contributed by atoms with E-state index < -0.39 is 37.5 Å². The van der Waals surface area contributed by atoms with Gasteiger partial charge in [-0.15, -0.1) is 0 Å². The lowest BCUT2D eigenvalue weighted by Gasteiger charge is -2.16. The molecule has 1 aromatic heterocycles. The molecule has 0 amide bonds. The van der Waals surface area contributed by atoms with Gasteiger partial charge < -0.3 is 23.1 Å². The maximum Gasteiger partial charge on any atom is 0.534 e. The molecule has 276 valence electrons. The Hall–Kier alpha value is -3.64. The fraction of sp³-hybridized carbons (Fsp3) is 0.417. The van der Waals surface area contributed by atoms with Crippen LogP contribution in [0.5, 0.6) is 17.2 Å². The highest BCUT2D eigenvalue weighted by atomic mass is 32.2. The number of aromatic nitrogens is 2. The average Bonchev–Trinajstić information content (AvgIpc) is 3.58. The van der Waals surface area contributed by atoms with Crippen LogP contribution in [0.25, 0.3) is 33.6 Å². The topological polar surface area (TPSA) is 98.1 Å². The maximum atomic E-state index is 13.2. The standard InChI is InChI=1S/C36H45F3N2O7SSi2/c1-44-32-21-28-20-31-34(27-10-8-25(9-11-27)26-12-14-29(15-13-26)47-24-46-17-19-51(5,6)7)40-41(23-45-16-18-50(2,3)4)35(31)30(28)22-33(32)48-49(42,43)36(37,38)39/h8-15,21-22H,16-20,23-24H2,1-7H3. The van der Waals surface area contributed by atoms with Gasteiger partial charge in [0, 0.05) is 52.5 Å². The minimum absolute atomic E-state index is 0.102. The van der Waals surface area contributed by atoms with Gasteiger partial charge in [0.25, 0.3) is 0 Å². The van der Waals surface area contributed by atoms with E-state index >= 15 is 0 Å². The predicted octanol–water partition coefficient (Wildman–Crippen LogP) is 9.03. The number of rotatable bonds is 16. The quantitative estimate of drug-likeness (QED) is 0.0323. The van der Waals surface area contributed by atoms with E-state index in [9.17, 15) is 21.6 Å². The fourth-order valence-electron chi connectivity index (χ4n) is 5.48. The van der Waals surface area contributed by atoms with E-state index in [4.69, 9.17) is 24.0 Å². The summed E-state index contributed by atoms with van der Waals surface area (Å²) >= 11 is 0. The molecule has 0 N–H and O–H groups in total. The minimum atomic E-state index is -5.93. The zero-order chi connectivity index (χ0) is 37.2. The first-order chi connectivity index (χ1) is 23.8. The van der Waals surface area contributed by atoms with Crippen molar-refractivity contribution in [2.45, 2.75) is 70.0 Å². The summed E-state index contributed by atoms with van der Waals surface area (Å²) in [6.07, 6.45) is 0.392. The molecule has 0 bridgehead atoms. The molecule has 1 aliphatic rings. The summed E-state index contributed by atoms with van der Waals surface area (Å²) in [5.41, 5.74) is 0.576. The van der Waals surface area contributed by atoms with Gasteiger partial charge in [0.1, 0.15) is 12.5 Å². The predicted molar refractivity (Wildman–Crippen MR) is 197 cm³/mol. The van der Waals surface area contributed by atoms with Gasteiger partial charge >= 0.3 is 15.6 Å². The van der Waals surface area contributed by atoms with Gasteiger partial charge in [0.2, 0.25) is 0 Å². The molecule has 51 heavy (non-hydrogen) atoms. The number of ether oxygens (including phenoxy) is 4. The highest BCUT2D eigenvalue weighted by Gasteiger charge is 2.49. The number of halogens is 3. The SMILES string of the molecule is COc1cc2c(cc1OS(=O)(=O)C(F)(F)F)-c1c(c(-c3ccc(-c4ccc(OCOCC[Si](C)(C)C)cc4)cc3)nn1COCC[Si](C)(C)C)C2. The van der Waals surface area contributed by atoms with Gasteiger partial charge in [-0.2, -0.15) is 26.7 Å². The van der Waals surface area contributed by atoms with Crippen molar-refractivity contribution in [3.8, 4) is 50.9 Å². The summed E-state index contributed by atoms with van der Waals surface area (Å²) in [5.74, 6) is 0.0255. The first kappa shape index (κ1) is 38.6. The molecule has 0 unspecified atom stereocenters. The van der Waals surface area contributed by atoms with Crippen LogP contribution in [0.2, 0.25) is 51.4 Å². The van der Waals surface area contributed by atoms with Gasteiger partial charge in [0.05, 0.1) is 18.5 Å². The average molecular weight is 763 g/mol. The van der Waals surface area contributed by atoms with Crippen LogP contribution in [0.15, 0.2) is 60.7 Å². The number of nitrogens with zero attached hydrogens (tertiary/aromatic N) is 2. The van der Waals surface area contributed by atoms with Crippen LogP contribution in [-0.2, 0) is 32.7 Å². The highest BCUT2D eigenvalue weighted by Crippen LogP contribution is 2.47. The molecule has 4 aromatic rings. The monoisotopic (exact) mass is 762 g/mol. The van der Waals surface area contributed by atoms with Crippen molar-refractivity contribution in [1.29, 1.82) is 0 Å². The Balaban J connectivity index is 1.40. The summed E-state index contributed by atoms with van der Waals surface area (Å²) in [6.45, 7) is 15.2. The minimum Gasteiger partial charge on any atom is -0.493 e. The zero-order valence-corrected chi connectivity index (χ0v) is 32.8. The Morgan fingerprint density at radius 1 is 0.804 bits per heavy atom. The molecule has 5 rings (SSSR count). The summed E-state index contributed by atoms with van der Waals surface area (Å²) in [4.78, 5) is 0. The van der Waals surface area contributed by atoms with Crippen molar-refractivity contribution in [3.63, 3.8) is 0 Å². The van der Waals surface area contributed by atoms with Crippen LogP contribution in [0.3, 0.4) is 0 Å². The smallest absolute Gasteiger partial charge is 0.493 e. The maximum absolute atomic E-state index is 13.2. The second-order valence-corrected chi connectivity index (χ2v) is 27.7. The summed E-state index contributed by atoms with van der Waals surface area (Å²) in [5, 5.41) is 4.90. The molecule has 0 spiro atoms. The molecular weight excluding hydrogens is 718 g/mol. The van der Waals surface area contributed by atoms with E-state index in [0.717, 1.165) is 45.7 Å². The molecule has 15 heteroatoms. The highest BCUT2D eigenvalue weighted by molar-refractivity contribution is 7.88. The van der Waals surface area contributed by atoms with Crippen LogP contribution in [-0.4, -0.2) is 67.0 Å². The molecule has 0 atom stereocenters. The van der Waals surface area contributed by atoms with Gasteiger partial charge in [-0.1, -0.05) is 75.7 Å². The molecule has 0 saturated heterocycles. The first-order valence-corrected chi connectivity index (χ1v) is 25.5. The Morgan fingerprint density at radius 3 is 1.94 bits per heavy atom. The number of hydrogen-bond acceptors (Lipinski definition) is 8. The lowest BCUT2D eigenvalue weighted by molar-refractivity contribution is -0.0500. The molecular formula is C36H45F3N2O7SSi2. The van der Waals surface area contributed by atoms with E-state index in [1.807, 2.05) is 48.5 Å². The molecule has 0 saturated carbocycles. The lowest BCUT2D eigenvalue weighted by Crippen LogP contribution is -2.28.